The average Bonchev–Trinajstić information content (AvgIpc) is 3.25. The normalized spacial score (nSPS) is 20.2. The van der Waals surface area contributed by atoms with Crippen molar-refractivity contribution in [3.05, 3.63) is 40.7 Å². The maximum atomic E-state index is 9.04. The van der Waals surface area contributed by atoms with Crippen LogP contribution in [0.3, 0.4) is 0 Å². The van der Waals surface area contributed by atoms with Crippen molar-refractivity contribution in [2.75, 3.05) is 26.5 Å². The minimum Gasteiger partial charge on any atom is -0.454 e. The summed E-state index contributed by atoms with van der Waals surface area (Å²) in [5.74, 6) is 1.91. The number of ether oxygens (including phenoxy) is 2. The number of halogens is 1. The first kappa shape index (κ1) is 16.7. The van der Waals surface area contributed by atoms with Crippen molar-refractivity contribution in [1.29, 1.82) is 0 Å². The van der Waals surface area contributed by atoms with Gasteiger partial charge in [0.05, 0.1) is 18.8 Å². The number of piperidine rings is 1. The van der Waals surface area contributed by atoms with E-state index in [-0.39, 0.29) is 13.4 Å². The van der Waals surface area contributed by atoms with E-state index in [2.05, 4.69) is 16.1 Å². The fourth-order valence-corrected chi connectivity index (χ4v) is 3.80. The molecule has 2 aromatic rings. The number of hydrogen-bond acceptors (Lipinski definition) is 5. The Morgan fingerprint density at radius 1 is 1.28 bits per heavy atom. The van der Waals surface area contributed by atoms with Crippen molar-refractivity contribution in [2.24, 2.45) is 0 Å². The summed E-state index contributed by atoms with van der Waals surface area (Å²) in [6.07, 6.45) is 4.22. The van der Waals surface area contributed by atoms with E-state index >= 15 is 0 Å². The van der Waals surface area contributed by atoms with Crippen LogP contribution in [0.25, 0.3) is 0 Å². The highest BCUT2D eigenvalue weighted by molar-refractivity contribution is 6.31. The highest BCUT2D eigenvalue weighted by atomic mass is 35.5. The predicted octanol–water partition coefficient (Wildman–Crippen LogP) is 2.64. The van der Waals surface area contributed by atoms with Crippen molar-refractivity contribution in [3.8, 4) is 11.5 Å². The zero-order valence-electron chi connectivity index (χ0n) is 14.0. The lowest BCUT2D eigenvalue weighted by Crippen LogP contribution is -2.34. The maximum absolute atomic E-state index is 9.04. The van der Waals surface area contributed by atoms with E-state index in [1.807, 2.05) is 23.0 Å². The molecule has 1 aromatic carbocycles. The van der Waals surface area contributed by atoms with Crippen molar-refractivity contribution in [1.82, 2.24) is 14.7 Å². The van der Waals surface area contributed by atoms with Crippen LogP contribution >= 0.6 is 11.6 Å². The molecule has 2 aliphatic heterocycles. The van der Waals surface area contributed by atoms with Gasteiger partial charge in [-0.15, -0.1) is 0 Å². The lowest BCUT2D eigenvalue weighted by atomic mass is 9.94. The van der Waals surface area contributed by atoms with Gasteiger partial charge in [0, 0.05) is 36.3 Å². The third-order valence-corrected chi connectivity index (χ3v) is 5.20. The summed E-state index contributed by atoms with van der Waals surface area (Å²) in [4.78, 5) is 2.42. The number of hydrogen-bond donors (Lipinski definition) is 1. The molecule has 1 atom stereocenters. The minimum atomic E-state index is 0.112. The molecule has 1 N–H and O–H groups in total. The zero-order valence-corrected chi connectivity index (χ0v) is 14.8. The molecule has 1 aromatic heterocycles. The van der Waals surface area contributed by atoms with Crippen molar-refractivity contribution in [2.45, 2.75) is 31.8 Å². The number of fused-ring (bicyclic) bond motifs is 1. The fourth-order valence-electron chi connectivity index (χ4n) is 3.58. The summed E-state index contributed by atoms with van der Waals surface area (Å²) in [6, 6.07) is 5.90. The Labute approximate surface area is 151 Å². The second-order valence-corrected chi connectivity index (χ2v) is 7.01. The Bertz CT molecular complexity index is 749. The largest absolute Gasteiger partial charge is 0.454 e. The Morgan fingerprint density at radius 2 is 2.12 bits per heavy atom. The summed E-state index contributed by atoms with van der Waals surface area (Å²) < 4.78 is 12.6. The van der Waals surface area contributed by atoms with Gasteiger partial charge in [-0.1, -0.05) is 11.6 Å². The van der Waals surface area contributed by atoms with E-state index in [4.69, 9.17) is 26.2 Å². The van der Waals surface area contributed by atoms with E-state index < -0.39 is 0 Å². The lowest BCUT2D eigenvalue weighted by molar-refractivity contribution is 0.173. The Hall–Kier alpha value is -1.76. The number of nitrogens with zero attached hydrogens (tertiary/aromatic N) is 3. The monoisotopic (exact) mass is 363 g/mol. The van der Waals surface area contributed by atoms with Crippen molar-refractivity contribution in [3.63, 3.8) is 0 Å². The lowest BCUT2D eigenvalue weighted by Gasteiger charge is -2.32. The Kier molecular flexibility index (Phi) is 4.83. The quantitative estimate of drug-likeness (QED) is 0.885. The first-order valence-electron chi connectivity index (χ1n) is 8.67. The van der Waals surface area contributed by atoms with Crippen LogP contribution in [0.1, 0.15) is 30.0 Å². The van der Waals surface area contributed by atoms with E-state index in [0.717, 1.165) is 60.3 Å². The molecular weight excluding hydrogens is 342 g/mol. The van der Waals surface area contributed by atoms with Crippen LogP contribution in [0.4, 0.5) is 0 Å². The molecule has 2 aliphatic rings. The highest BCUT2D eigenvalue weighted by Crippen LogP contribution is 2.37. The van der Waals surface area contributed by atoms with Gasteiger partial charge in [0.1, 0.15) is 0 Å². The standard InChI is InChI=1S/C18H22ClN3O3/c19-15-9-18-17(24-12-25-18)8-14(15)11-21-4-1-2-13(10-21)16-3-5-22(20-16)6-7-23/h3,5,8-9,13,23H,1-2,4,6-7,10-12H2. The highest BCUT2D eigenvalue weighted by Gasteiger charge is 2.25. The number of aliphatic hydroxyl groups is 1. The number of aliphatic hydroxyl groups excluding tert-OH is 1. The van der Waals surface area contributed by atoms with Gasteiger partial charge in [-0.2, -0.15) is 5.10 Å². The Balaban J connectivity index is 1.44. The molecule has 1 saturated heterocycles. The summed E-state index contributed by atoms with van der Waals surface area (Å²) in [7, 11) is 0. The van der Waals surface area contributed by atoms with Crippen LogP contribution in [-0.2, 0) is 13.1 Å². The molecule has 4 rings (SSSR count). The van der Waals surface area contributed by atoms with Gasteiger partial charge < -0.3 is 14.6 Å². The Morgan fingerprint density at radius 3 is 2.96 bits per heavy atom. The molecule has 6 nitrogen and oxygen atoms in total. The molecule has 25 heavy (non-hydrogen) atoms. The van der Waals surface area contributed by atoms with Gasteiger partial charge in [-0.25, -0.2) is 0 Å². The van der Waals surface area contributed by atoms with Gasteiger partial charge in [0.15, 0.2) is 11.5 Å². The van der Waals surface area contributed by atoms with Gasteiger partial charge in [-0.05, 0) is 37.1 Å². The fraction of sp³-hybridized carbons (Fsp3) is 0.500. The molecular formula is C18H22ClN3O3. The van der Waals surface area contributed by atoms with Gasteiger partial charge >= 0.3 is 0 Å². The van der Waals surface area contributed by atoms with Crippen LogP contribution < -0.4 is 9.47 Å². The topological polar surface area (TPSA) is 59.8 Å². The molecule has 0 radical (unpaired) electrons. The van der Waals surface area contributed by atoms with Gasteiger partial charge in [0.2, 0.25) is 6.79 Å². The smallest absolute Gasteiger partial charge is 0.231 e. The van der Waals surface area contributed by atoms with E-state index in [1.165, 1.54) is 0 Å². The molecule has 0 saturated carbocycles. The van der Waals surface area contributed by atoms with Gasteiger partial charge in [-0.3, -0.25) is 9.58 Å². The van der Waals surface area contributed by atoms with Crippen LogP contribution in [0, 0.1) is 0 Å². The molecule has 0 bridgehead atoms. The van der Waals surface area contributed by atoms with E-state index in [9.17, 15) is 0 Å². The first-order valence-corrected chi connectivity index (χ1v) is 9.05. The molecule has 7 heteroatoms. The predicted molar refractivity (Wildman–Crippen MR) is 94.1 cm³/mol. The molecule has 0 spiro atoms. The molecule has 0 amide bonds. The SMILES string of the molecule is OCCn1ccc(C2CCCN(Cc3cc4c(cc3Cl)OCO4)C2)n1. The number of likely N-dealkylation sites (tertiary alicyclic amines) is 1. The minimum absolute atomic E-state index is 0.112. The molecule has 1 unspecified atom stereocenters. The van der Waals surface area contributed by atoms with Crippen molar-refractivity contribution >= 4 is 11.6 Å². The molecule has 0 aliphatic carbocycles. The maximum Gasteiger partial charge on any atom is 0.231 e. The second-order valence-electron chi connectivity index (χ2n) is 6.60. The van der Waals surface area contributed by atoms with Gasteiger partial charge in [0.25, 0.3) is 0 Å². The number of rotatable bonds is 5. The second kappa shape index (κ2) is 7.23. The third-order valence-electron chi connectivity index (χ3n) is 4.85. The molecule has 134 valence electrons. The first-order chi connectivity index (χ1) is 12.2. The number of aromatic nitrogens is 2. The van der Waals surface area contributed by atoms with Crippen LogP contribution in [0.15, 0.2) is 24.4 Å². The average molecular weight is 364 g/mol. The number of benzene rings is 1. The summed E-state index contributed by atoms with van der Waals surface area (Å²) >= 11 is 6.42. The summed E-state index contributed by atoms with van der Waals surface area (Å²) in [5.41, 5.74) is 2.17. The van der Waals surface area contributed by atoms with E-state index in [1.54, 1.807) is 0 Å². The molecule has 3 heterocycles. The van der Waals surface area contributed by atoms with Crippen LogP contribution in [0.5, 0.6) is 11.5 Å². The van der Waals surface area contributed by atoms with Crippen molar-refractivity contribution < 1.29 is 14.6 Å². The van der Waals surface area contributed by atoms with Crippen LogP contribution in [0.2, 0.25) is 5.02 Å². The third kappa shape index (κ3) is 3.61. The van der Waals surface area contributed by atoms with E-state index in [0.29, 0.717) is 12.5 Å². The molecule has 1 fully saturated rings. The zero-order chi connectivity index (χ0) is 17.2. The summed E-state index contributed by atoms with van der Waals surface area (Å²) in [6.45, 7) is 3.73. The summed E-state index contributed by atoms with van der Waals surface area (Å²) in [5, 5.41) is 14.4. The van der Waals surface area contributed by atoms with Crippen LogP contribution in [-0.4, -0.2) is 46.3 Å².